The number of rotatable bonds is 5. The second-order valence-electron chi connectivity index (χ2n) is 5.55. The highest BCUT2D eigenvalue weighted by molar-refractivity contribution is 7.89. The molecule has 0 amide bonds. The Labute approximate surface area is 139 Å². The lowest BCUT2D eigenvalue weighted by Gasteiger charge is -2.21. The van der Waals surface area contributed by atoms with Crippen LogP contribution in [0.3, 0.4) is 0 Å². The SMILES string of the molecule is CCc1ccc(S(=O)(=O)N2CCCN(S(=O)(=O)CC)CC2)cc1. The molecule has 0 atom stereocenters. The molecule has 1 heterocycles. The average molecular weight is 361 g/mol. The third-order valence-corrected chi connectivity index (χ3v) is 7.94. The standard InChI is InChI=1S/C15H24N2O4S2/c1-3-14-6-8-15(9-7-14)23(20,21)17-11-5-10-16(12-13-17)22(18,19)4-2/h6-9H,3-5,10-13H2,1-2H3. The first kappa shape index (κ1) is 18.4. The van der Waals surface area contributed by atoms with E-state index in [1.807, 2.05) is 19.1 Å². The van der Waals surface area contributed by atoms with E-state index in [1.54, 1.807) is 19.1 Å². The molecule has 0 spiro atoms. The predicted octanol–water partition coefficient (Wildman–Crippen LogP) is 1.30. The average Bonchev–Trinajstić information content (AvgIpc) is 2.82. The Hall–Kier alpha value is -0.960. The van der Waals surface area contributed by atoms with Crippen LogP contribution in [-0.2, 0) is 26.5 Å². The molecule has 1 saturated heterocycles. The summed E-state index contributed by atoms with van der Waals surface area (Å²) in [6.45, 7) is 4.73. The highest BCUT2D eigenvalue weighted by atomic mass is 32.2. The van der Waals surface area contributed by atoms with Gasteiger partial charge in [-0.3, -0.25) is 0 Å². The largest absolute Gasteiger partial charge is 0.243 e. The number of hydrogen-bond acceptors (Lipinski definition) is 4. The van der Waals surface area contributed by atoms with Gasteiger partial charge in [-0.1, -0.05) is 19.1 Å². The first-order valence-electron chi connectivity index (χ1n) is 7.88. The molecule has 0 saturated carbocycles. The molecule has 130 valence electrons. The Balaban J connectivity index is 2.17. The van der Waals surface area contributed by atoms with Gasteiger partial charge >= 0.3 is 0 Å². The molecule has 1 aliphatic heterocycles. The van der Waals surface area contributed by atoms with Crippen molar-refractivity contribution in [3.8, 4) is 0 Å². The quantitative estimate of drug-likeness (QED) is 0.793. The summed E-state index contributed by atoms with van der Waals surface area (Å²) in [6, 6.07) is 6.89. The van der Waals surface area contributed by atoms with Gasteiger partial charge in [0.05, 0.1) is 10.6 Å². The Morgan fingerprint density at radius 3 is 2.00 bits per heavy atom. The molecule has 8 heteroatoms. The van der Waals surface area contributed by atoms with E-state index in [1.165, 1.54) is 8.61 Å². The van der Waals surface area contributed by atoms with Crippen molar-refractivity contribution in [1.82, 2.24) is 8.61 Å². The van der Waals surface area contributed by atoms with Crippen LogP contribution in [0.4, 0.5) is 0 Å². The highest BCUT2D eigenvalue weighted by Crippen LogP contribution is 2.19. The van der Waals surface area contributed by atoms with Crippen molar-refractivity contribution in [2.24, 2.45) is 0 Å². The fourth-order valence-electron chi connectivity index (χ4n) is 2.62. The van der Waals surface area contributed by atoms with Gasteiger partial charge in [-0.2, -0.15) is 4.31 Å². The summed E-state index contributed by atoms with van der Waals surface area (Å²) < 4.78 is 52.2. The number of nitrogens with zero attached hydrogens (tertiary/aromatic N) is 2. The molecule has 23 heavy (non-hydrogen) atoms. The molecule has 1 aliphatic rings. The van der Waals surface area contributed by atoms with Gasteiger partial charge in [0.2, 0.25) is 20.0 Å². The minimum Gasteiger partial charge on any atom is -0.212 e. The van der Waals surface area contributed by atoms with Gasteiger partial charge in [0.15, 0.2) is 0 Å². The molecule has 1 fully saturated rings. The molecule has 2 rings (SSSR count). The summed E-state index contributed by atoms with van der Waals surface area (Å²) in [5.41, 5.74) is 1.08. The lowest BCUT2D eigenvalue weighted by molar-refractivity contribution is 0.405. The minimum absolute atomic E-state index is 0.0399. The maximum Gasteiger partial charge on any atom is 0.243 e. The second kappa shape index (κ2) is 7.29. The van der Waals surface area contributed by atoms with Crippen molar-refractivity contribution in [3.05, 3.63) is 29.8 Å². The van der Waals surface area contributed by atoms with E-state index in [0.29, 0.717) is 19.5 Å². The molecule has 0 N–H and O–H groups in total. The first-order valence-corrected chi connectivity index (χ1v) is 10.9. The Bertz CT molecular complexity index is 727. The normalized spacial score (nSPS) is 18.7. The van der Waals surface area contributed by atoms with Gasteiger partial charge in [0.1, 0.15) is 0 Å². The zero-order valence-electron chi connectivity index (χ0n) is 13.6. The van der Waals surface area contributed by atoms with Crippen molar-refractivity contribution < 1.29 is 16.8 Å². The monoisotopic (exact) mass is 360 g/mol. The lowest BCUT2D eigenvalue weighted by Crippen LogP contribution is -2.37. The first-order chi connectivity index (χ1) is 10.8. The van der Waals surface area contributed by atoms with E-state index in [4.69, 9.17) is 0 Å². The number of sulfonamides is 2. The molecule has 1 aromatic rings. The van der Waals surface area contributed by atoms with Gasteiger partial charge in [0, 0.05) is 26.2 Å². The van der Waals surface area contributed by atoms with E-state index in [-0.39, 0.29) is 23.7 Å². The number of aryl methyl sites for hydroxylation is 1. The van der Waals surface area contributed by atoms with Gasteiger partial charge in [-0.25, -0.2) is 21.1 Å². The van der Waals surface area contributed by atoms with Crippen LogP contribution in [-0.4, -0.2) is 57.4 Å². The van der Waals surface area contributed by atoms with Crippen molar-refractivity contribution in [2.75, 3.05) is 31.9 Å². The van der Waals surface area contributed by atoms with Gasteiger partial charge < -0.3 is 0 Å². The van der Waals surface area contributed by atoms with Crippen LogP contribution >= 0.6 is 0 Å². The van der Waals surface area contributed by atoms with Crippen molar-refractivity contribution in [3.63, 3.8) is 0 Å². The molecule has 0 aliphatic carbocycles. The van der Waals surface area contributed by atoms with Crippen LogP contribution in [0.15, 0.2) is 29.2 Å². The predicted molar refractivity (Wildman–Crippen MR) is 90.2 cm³/mol. The van der Waals surface area contributed by atoms with E-state index >= 15 is 0 Å². The van der Waals surface area contributed by atoms with Crippen LogP contribution in [0, 0.1) is 0 Å². The van der Waals surface area contributed by atoms with Crippen molar-refractivity contribution >= 4 is 20.0 Å². The molecule has 0 radical (unpaired) electrons. The van der Waals surface area contributed by atoms with Crippen LogP contribution < -0.4 is 0 Å². The summed E-state index contributed by atoms with van der Waals surface area (Å²) in [5.74, 6) is 0.0399. The van der Waals surface area contributed by atoms with E-state index in [0.717, 1.165) is 12.0 Å². The minimum atomic E-state index is -3.57. The fourth-order valence-corrected chi connectivity index (χ4v) is 5.22. The molecular weight excluding hydrogens is 336 g/mol. The second-order valence-corrected chi connectivity index (χ2v) is 9.75. The fraction of sp³-hybridized carbons (Fsp3) is 0.600. The zero-order chi connectivity index (χ0) is 17.1. The molecule has 0 bridgehead atoms. The van der Waals surface area contributed by atoms with Gasteiger partial charge in [0.25, 0.3) is 0 Å². The molecule has 1 aromatic carbocycles. The number of benzene rings is 1. The third-order valence-electron chi connectivity index (χ3n) is 4.14. The summed E-state index contributed by atoms with van der Waals surface area (Å²) in [4.78, 5) is 0.265. The van der Waals surface area contributed by atoms with E-state index in [9.17, 15) is 16.8 Å². The van der Waals surface area contributed by atoms with Crippen molar-refractivity contribution in [2.45, 2.75) is 31.6 Å². The topological polar surface area (TPSA) is 74.8 Å². The summed E-state index contributed by atoms with van der Waals surface area (Å²) >= 11 is 0. The van der Waals surface area contributed by atoms with E-state index in [2.05, 4.69) is 0 Å². The number of hydrogen-bond donors (Lipinski definition) is 0. The Morgan fingerprint density at radius 2 is 1.43 bits per heavy atom. The summed E-state index contributed by atoms with van der Waals surface area (Å²) in [7, 11) is -6.85. The lowest BCUT2D eigenvalue weighted by atomic mass is 10.2. The van der Waals surface area contributed by atoms with Gasteiger partial charge in [-0.15, -0.1) is 0 Å². The van der Waals surface area contributed by atoms with Crippen LogP contribution in [0.2, 0.25) is 0 Å². The van der Waals surface area contributed by atoms with Crippen molar-refractivity contribution in [1.29, 1.82) is 0 Å². The maximum atomic E-state index is 12.7. The van der Waals surface area contributed by atoms with Crippen LogP contribution in [0.1, 0.15) is 25.8 Å². The molecular formula is C15H24N2O4S2. The third kappa shape index (κ3) is 4.12. The Morgan fingerprint density at radius 1 is 0.870 bits per heavy atom. The smallest absolute Gasteiger partial charge is 0.212 e. The van der Waals surface area contributed by atoms with Crippen LogP contribution in [0.25, 0.3) is 0 Å². The zero-order valence-corrected chi connectivity index (χ0v) is 15.2. The maximum absolute atomic E-state index is 12.7. The summed E-state index contributed by atoms with van der Waals surface area (Å²) in [5, 5.41) is 0. The van der Waals surface area contributed by atoms with E-state index < -0.39 is 20.0 Å². The van der Waals surface area contributed by atoms with Gasteiger partial charge in [-0.05, 0) is 37.5 Å². The highest BCUT2D eigenvalue weighted by Gasteiger charge is 2.30. The molecule has 6 nitrogen and oxygen atoms in total. The summed E-state index contributed by atoms with van der Waals surface area (Å²) in [6.07, 6.45) is 1.36. The van der Waals surface area contributed by atoms with Crippen LogP contribution in [0.5, 0.6) is 0 Å². The Kier molecular flexibility index (Phi) is 5.83. The molecule has 0 aromatic heterocycles. The molecule has 0 unspecified atom stereocenters.